The number of carbonyl (C=O) groups excluding carboxylic acids is 1. The van der Waals surface area contributed by atoms with E-state index < -0.39 is 0 Å². The van der Waals surface area contributed by atoms with E-state index in [9.17, 15) is 4.79 Å². The SMILES string of the molecule is COc1cccnc1-c1ccc(C(=O)NCCCSC)cc1. The second-order valence-corrected chi connectivity index (χ2v) is 5.72. The number of nitrogens with one attached hydrogen (secondary N) is 1. The van der Waals surface area contributed by atoms with E-state index in [0.29, 0.717) is 12.1 Å². The number of nitrogens with zero attached hydrogens (tertiary/aromatic N) is 1. The molecule has 0 spiro atoms. The number of methoxy groups -OCH3 is 1. The molecule has 0 unspecified atom stereocenters. The highest BCUT2D eigenvalue weighted by Crippen LogP contribution is 2.27. The van der Waals surface area contributed by atoms with Crippen LogP contribution in [0.4, 0.5) is 0 Å². The van der Waals surface area contributed by atoms with Gasteiger partial charge in [0.15, 0.2) is 0 Å². The van der Waals surface area contributed by atoms with Gasteiger partial charge in [0, 0.05) is 23.9 Å². The number of ether oxygens (including phenoxy) is 1. The summed E-state index contributed by atoms with van der Waals surface area (Å²) in [5.74, 6) is 1.73. The highest BCUT2D eigenvalue weighted by Gasteiger charge is 2.09. The number of hydrogen-bond acceptors (Lipinski definition) is 4. The molecule has 0 fully saturated rings. The van der Waals surface area contributed by atoms with Crippen LogP contribution >= 0.6 is 11.8 Å². The van der Waals surface area contributed by atoms with Crippen LogP contribution in [0.15, 0.2) is 42.6 Å². The Hall–Kier alpha value is -2.01. The van der Waals surface area contributed by atoms with Crippen molar-refractivity contribution in [2.45, 2.75) is 6.42 Å². The van der Waals surface area contributed by atoms with Crippen molar-refractivity contribution >= 4 is 17.7 Å². The predicted molar refractivity (Wildman–Crippen MR) is 91.6 cm³/mol. The molecule has 22 heavy (non-hydrogen) atoms. The van der Waals surface area contributed by atoms with Gasteiger partial charge in [-0.15, -0.1) is 0 Å². The third kappa shape index (κ3) is 4.24. The quantitative estimate of drug-likeness (QED) is 0.797. The third-order valence-corrected chi connectivity index (χ3v) is 3.92. The van der Waals surface area contributed by atoms with E-state index in [2.05, 4.69) is 16.6 Å². The number of aromatic nitrogens is 1. The standard InChI is InChI=1S/C17H20N2O2S/c1-21-15-5-3-10-18-16(15)13-6-8-14(9-7-13)17(20)19-11-4-12-22-2/h3,5-10H,4,11-12H2,1-2H3,(H,19,20). The zero-order valence-corrected chi connectivity index (χ0v) is 13.7. The van der Waals surface area contributed by atoms with Crippen molar-refractivity contribution in [3.8, 4) is 17.0 Å². The average molecular weight is 316 g/mol. The van der Waals surface area contributed by atoms with Crippen molar-refractivity contribution < 1.29 is 9.53 Å². The molecule has 0 aliphatic heterocycles. The number of hydrogen-bond donors (Lipinski definition) is 1. The fraction of sp³-hybridized carbons (Fsp3) is 0.294. The minimum atomic E-state index is -0.0411. The van der Waals surface area contributed by atoms with Crippen LogP contribution in [-0.4, -0.2) is 36.6 Å². The Balaban J connectivity index is 2.05. The Labute approximate surface area is 135 Å². The van der Waals surface area contributed by atoms with Gasteiger partial charge in [-0.1, -0.05) is 12.1 Å². The van der Waals surface area contributed by atoms with Gasteiger partial charge in [-0.05, 0) is 42.7 Å². The van der Waals surface area contributed by atoms with Crippen molar-refractivity contribution in [3.63, 3.8) is 0 Å². The number of carbonyl (C=O) groups is 1. The third-order valence-electron chi connectivity index (χ3n) is 3.22. The molecule has 4 nitrogen and oxygen atoms in total. The highest BCUT2D eigenvalue weighted by molar-refractivity contribution is 7.98. The molecule has 5 heteroatoms. The maximum absolute atomic E-state index is 12.0. The topological polar surface area (TPSA) is 51.2 Å². The molecule has 0 bridgehead atoms. The van der Waals surface area contributed by atoms with Crippen LogP contribution in [0.3, 0.4) is 0 Å². The van der Waals surface area contributed by atoms with Crippen molar-refractivity contribution in [3.05, 3.63) is 48.2 Å². The molecule has 0 saturated heterocycles. The Kier molecular flexibility index (Phi) is 6.27. The van der Waals surface area contributed by atoms with E-state index in [-0.39, 0.29) is 5.91 Å². The van der Waals surface area contributed by atoms with Crippen LogP contribution in [0.2, 0.25) is 0 Å². The van der Waals surface area contributed by atoms with E-state index >= 15 is 0 Å². The van der Waals surface area contributed by atoms with Crippen molar-refractivity contribution in [2.24, 2.45) is 0 Å². The van der Waals surface area contributed by atoms with Crippen molar-refractivity contribution in [2.75, 3.05) is 25.7 Å². The zero-order valence-electron chi connectivity index (χ0n) is 12.8. The first-order chi connectivity index (χ1) is 10.8. The van der Waals surface area contributed by atoms with E-state index in [1.165, 1.54) is 0 Å². The van der Waals surface area contributed by atoms with Gasteiger partial charge in [0.1, 0.15) is 11.4 Å². The molecule has 0 saturated carbocycles. The van der Waals surface area contributed by atoms with E-state index in [4.69, 9.17) is 4.74 Å². The second kappa shape index (κ2) is 8.44. The lowest BCUT2D eigenvalue weighted by Gasteiger charge is -2.08. The summed E-state index contributed by atoms with van der Waals surface area (Å²) in [6.07, 6.45) is 4.77. The smallest absolute Gasteiger partial charge is 0.251 e. The largest absolute Gasteiger partial charge is 0.494 e. The van der Waals surface area contributed by atoms with Crippen LogP contribution < -0.4 is 10.1 Å². The first-order valence-electron chi connectivity index (χ1n) is 7.13. The van der Waals surface area contributed by atoms with Gasteiger partial charge < -0.3 is 10.1 Å². The molecule has 2 rings (SSSR count). The molecule has 1 amide bonds. The lowest BCUT2D eigenvalue weighted by atomic mass is 10.1. The molecular weight excluding hydrogens is 296 g/mol. The molecule has 0 atom stereocenters. The maximum atomic E-state index is 12.0. The molecule has 0 aliphatic rings. The minimum Gasteiger partial charge on any atom is -0.494 e. The second-order valence-electron chi connectivity index (χ2n) is 4.73. The Bertz CT molecular complexity index is 614. The summed E-state index contributed by atoms with van der Waals surface area (Å²) in [6.45, 7) is 0.704. The molecule has 0 radical (unpaired) electrons. The van der Waals surface area contributed by atoms with Gasteiger partial charge >= 0.3 is 0 Å². The first-order valence-corrected chi connectivity index (χ1v) is 8.52. The van der Waals surface area contributed by atoms with Gasteiger partial charge in [0.2, 0.25) is 0 Å². The molecule has 2 aromatic rings. The molecule has 116 valence electrons. The van der Waals surface area contributed by atoms with Crippen LogP contribution in [0.1, 0.15) is 16.8 Å². The van der Waals surface area contributed by atoms with Gasteiger partial charge in [-0.2, -0.15) is 11.8 Å². The van der Waals surface area contributed by atoms with Gasteiger partial charge in [0.05, 0.1) is 7.11 Å². The summed E-state index contributed by atoms with van der Waals surface area (Å²) in [5, 5.41) is 2.92. The zero-order chi connectivity index (χ0) is 15.8. The van der Waals surface area contributed by atoms with Crippen LogP contribution in [0, 0.1) is 0 Å². The van der Waals surface area contributed by atoms with E-state index in [1.54, 1.807) is 25.1 Å². The maximum Gasteiger partial charge on any atom is 0.251 e. The molecule has 1 aromatic heterocycles. The minimum absolute atomic E-state index is 0.0411. The van der Waals surface area contributed by atoms with Crippen molar-refractivity contribution in [1.82, 2.24) is 10.3 Å². The number of benzene rings is 1. The summed E-state index contributed by atoms with van der Waals surface area (Å²) in [5.41, 5.74) is 2.36. The van der Waals surface area contributed by atoms with Gasteiger partial charge in [-0.3, -0.25) is 9.78 Å². The lowest BCUT2D eigenvalue weighted by molar-refractivity contribution is 0.0954. The molecule has 1 N–H and O–H groups in total. The molecule has 1 heterocycles. The van der Waals surface area contributed by atoms with Crippen LogP contribution in [0.25, 0.3) is 11.3 Å². The summed E-state index contributed by atoms with van der Waals surface area (Å²) in [7, 11) is 1.62. The molecule has 1 aromatic carbocycles. The summed E-state index contributed by atoms with van der Waals surface area (Å²) < 4.78 is 5.31. The summed E-state index contributed by atoms with van der Waals surface area (Å²) in [4.78, 5) is 16.4. The number of thioether (sulfide) groups is 1. The average Bonchev–Trinajstić information content (AvgIpc) is 2.58. The number of pyridine rings is 1. The van der Waals surface area contributed by atoms with Crippen molar-refractivity contribution in [1.29, 1.82) is 0 Å². The van der Waals surface area contributed by atoms with E-state index in [0.717, 1.165) is 29.2 Å². The summed E-state index contributed by atoms with van der Waals surface area (Å²) in [6, 6.07) is 11.1. The Morgan fingerprint density at radius 1 is 1.27 bits per heavy atom. The van der Waals surface area contributed by atoms with Crippen LogP contribution in [0.5, 0.6) is 5.75 Å². The normalized spacial score (nSPS) is 10.3. The molecular formula is C17H20N2O2S. The Morgan fingerprint density at radius 3 is 2.73 bits per heavy atom. The number of amides is 1. The molecule has 0 aliphatic carbocycles. The predicted octanol–water partition coefficient (Wildman–Crippen LogP) is 3.24. The Morgan fingerprint density at radius 2 is 2.05 bits per heavy atom. The monoisotopic (exact) mass is 316 g/mol. The van der Waals surface area contributed by atoms with Crippen LogP contribution in [-0.2, 0) is 0 Å². The first kappa shape index (κ1) is 16.4. The van der Waals surface area contributed by atoms with E-state index in [1.807, 2.05) is 36.4 Å². The van der Waals surface area contributed by atoms with Gasteiger partial charge in [0.25, 0.3) is 5.91 Å². The fourth-order valence-electron chi connectivity index (χ4n) is 2.07. The van der Waals surface area contributed by atoms with Gasteiger partial charge in [-0.25, -0.2) is 0 Å². The number of rotatable bonds is 7. The summed E-state index contributed by atoms with van der Waals surface area (Å²) >= 11 is 1.78. The lowest BCUT2D eigenvalue weighted by Crippen LogP contribution is -2.24. The highest BCUT2D eigenvalue weighted by atomic mass is 32.2. The fourth-order valence-corrected chi connectivity index (χ4v) is 2.51.